The number of ether oxygens (including phenoxy) is 1. The van der Waals surface area contributed by atoms with Gasteiger partial charge in [0.15, 0.2) is 0 Å². The summed E-state index contributed by atoms with van der Waals surface area (Å²) in [5.74, 6) is -0.795. The molecule has 0 saturated heterocycles. The fourth-order valence-electron chi connectivity index (χ4n) is 2.89. The number of amides is 2. The van der Waals surface area contributed by atoms with E-state index in [2.05, 4.69) is 15.6 Å². The lowest BCUT2D eigenvalue weighted by atomic mass is 10.1. The molecule has 1 aromatic carbocycles. The largest absolute Gasteiger partial charge is 0.458 e. The number of nitrogens with zero attached hydrogens (tertiary/aromatic N) is 2. The molecule has 30 heavy (non-hydrogen) atoms. The summed E-state index contributed by atoms with van der Waals surface area (Å²) < 4.78 is 6.78. The predicted octanol–water partition coefficient (Wildman–Crippen LogP) is 2.89. The standard InChI is InChI=1S/C22H24N4O4/c1-14(2)20(25-22(29)24-16-7-5-4-6-8-16)21(28)30-13-17-11-19(27)26-12-15(3)9-10-18(26)23-17/h4-12,14,20H,13H2,1-3H3,(H2,24,25,29). The number of urea groups is 1. The molecule has 0 saturated carbocycles. The summed E-state index contributed by atoms with van der Waals surface area (Å²) in [6, 6.07) is 12.5. The second-order valence-corrected chi connectivity index (χ2v) is 7.31. The fraction of sp³-hybridized carbons (Fsp3) is 0.273. The predicted molar refractivity (Wildman–Crippen MR) is 113 cm³/mol. The van der Waals surface area contributed by atoms with Crippen LogP contribution in [0.2, 0.25) is 0 Å². The average molecular weight is 408 g/mol. The maximum absolute atomic E-state index is 12.6. The summed E-state index contributed by atoms with van der Waals surface area (Å²) >= 11 is 0. The molecule has 1 unspecified atom stereocenters. The molecule has 3 aromatic rings. The van der Waals surface area contributed by atoms with Crippen molar-refractivity contribution in [1.82, 2.24) is 14.7 Å². The molecule has 8 nitrogen and oxygen atoms in total. The first kappa shape index (κ1) is 21.0. The molecule has 0 spiro atoms. The van der Waals surface area contributed by atoms with E-state index in [0.717, 1.165) is 5.56 Å². The first-order valence-electron chi connectivity index (χ1n) is 9.61. The van der Waals surface area contributed by atoms with Gasteiger partial charge in [0.25, 0.3) is 5.56 Å². The summed E-state index contributed by atoms with van der Waals surface area (Å²) in [6.07, 6.45) is 1.70. The molecule has 2 aromatic heterocycles. The number of carbonyl (C=O) groups is 2. The number of benzene rings is 1. The van der Waals surface area contributed by atoms with Gasteiger partial charge in [0.05, 0.1) is 5.69 Å². The average Bonchev–Trinajstić information content (AvgIpc) is 2.71. The SMILES string of the molecule is Cc1ccc2nc(COC(=O)C(NC(=O)Nc3ccccc3)C(C)C)cc(=O)n2c1. The lowest BCUT2D eigenvalue weighted by Gasteiger charge is -2.21. The summed E-state index contributed by atoms with van der Waals surface area (Å²) in [5.41, 5.74) is 2.11. The number of esters is 1. The third-order valence-corrected chi connectivity index (χ3v) is 4.46. The summed E-state index contributed by atoms with van der Waals surface area (Å²) in [5, 5.41) is 5.31. The molecule has 3 rings (SSSR count). The molecule has 8 heteroatoms. The highest BCUT2D eigenvalue weighted by Gasteiger charge is 2.26. The van der Waals surface area contributed by atoms with Crippen LogP contribution < -0.4 is 16.2 Å². The van der Waals surface area contributed by atoms with Crippen molar-refractivity contribution in [2.24, 2.45) is 5.92 Å². The van der Waals surface area contributed by atoms with Crippen molar-refractivity contribution in [3.8, 4) is 0 Å². The van der Waals surface area contributed by atoms with Crippen molar-refractivity contribution in [1.29, 1.82) is 0 Å². The van der Waals surface area contributed by atoms with Crippen molar-refractivity contribution < 1.29 is 14.3 Å². The van der Waals surface area contributed by atoms with Gasteiger partial charge in [-0.05, 0) is 36.6 Å². The van der Waals surface area contributed by atoms with Gasteiger partial charge in [0.2, 0.25) is 0 Å². The molecule has 0 aliphatic rings. The van der Waals surface area contributed by atoms with Gasteiger partial charge in [0, 0.05) is 18.0 Å². The van der Waals surface area contributed by atoms with Crippen LogP contribution >= 0.6 is 0 Å². The number of pyridine rings is 1. The normalized spacial score (nSPS) is 11.9. The van der Waals surface area contributed by atoms with E-state index in [4.69, 9.17) is 4.74 Å². The van der Waals surface area contributed by atoms with Crippen LogP contribution in [0.25, 0.3) is 5.65 Å². The highest BCUT2D eigenvalue weighted by Crippen LogP contribution is 2.09. The monoisotopic (exact) mass is 408 g/mol. The van der Waals surface area contributed by atoms with Crippen LogP contribution in [0.3, 0.4) is 0 Å². The Morgan fingerprint density at radius 2 is 1.87 bits per heavy atom. The van der Waals surface area contributed by atoms with Crippen molar-refractivity contribution in [2.75, 3.05) is 5.32 Å². The van der Waals surface area contributed by atoms with Gasteiger partial charge < -0.3 is 15.4 Å². The minimum absolute atomic E-state index is 0.163. The quantitative estimate of drug-likeness (QED) is 0.611. The molecule has 0 radical (unpaired) electrons. The maximum Gasteiger partial charge on any atom is 0.329 e. The smallest absolute Gasteiger partial charge is 0.329 e. The molecule has 2 N–H and O–H groups in total. The van der Waals surface area contributed by atoms with Gasteiger partial charge in [-0.25, -0.2) is 14.6 Å². The van der Waals surface area contributed by atoms with Crippen molar-refractivity contribution in [2.45, 2.75) is 33.4 Å². The van der Waals surface area contributed by atoms with Crippen molar-refractivity contribution in [3.05, 3.63) is 76.3 Å². The first-order valence-corrected chi connectivity index (χ1v) is 9.61. The number of fused-ring (bicyclic) bond motifs is 1. The van der Waals surface area contributed by atoms with E-state index in [-0.39, 0.29) is 18.1 Å². The number of carbonyl (C=O) groups excluding carboxylic acids is 2. The van der Waals surface area contributed by atoms with Gasteiger partial charge in [0.1, 0.15) is 18.3 Å². The van der Waals surface area contributed by atoms with Gasteiger partial charge in [-0.2, -0.15) is 0 Å². The zero-order chi connectivity index (χ0) is 21.7. The highest BCUT2D eigenvalue weighted by atomic mass is 16.5. The zero-order valence-corrected chi connectivity index (χ0v) is 17.1. The Morgan fingerprint density at radius 1 is 1.13 bits per heavy atom. The van der Waals surface area contributed by atoms with Crippen molar-refractivity contribution >= 4 is 23.3 Å². The Bertz CT molecular complexity index is 1110. The van der Waals surface area contributed by atoms with E-state index in [0.29, 0.717) is 17.0 Å². The first-order chi connectivity index (χ1) is 14.3. The molecule has 2 amide bonds. The van der Waals surface area contributed by atoms with Gasteiger partial charge in [-0.15, -0.1) is 0 Å². The third-order valence-electron chi connectivity index (χ3n) is 4.46. The number of hydrogen-bond acceptors (Lipinski definition) is 5. The lowest BCUT2D eigenvalue weighted by Crippen LogP contribution is -2.47. The molecular formula is C22H24N4O4. The number of anilines is 1. The molecule has 2 heterocycles. The number of aryl methyl sites for hydroxylation is 1. The topological polar surface area (TPSA) is 102 Å². The van der Waals surface area contributed by atoms with E-state index in [9.17, 15) is 14.4 Å². The van der Waals surface area contributed by atoms with Crippen LogP contribution in [0, 0.1) is 12.8 Å². The van der Waals surface area contributed by atoms with E-state index in [1.807, 2.05) is 19.1 Å². The minimum atomic E-state index is -0.849. The molecular weight excluding hydrogens is 384 g/mol. The summed E-state index contributed by atoms with van der Waals surface area (Å²) in [6.45, 7) is 5.33. The van der Waals surface area contributed by atoms with Crippen LogP contribution in [0.5, 0.6) is 0 Å². The second kappa shape index (κ2) is 9.21. The number of hydrogen-bond donors (Lipinski definition) is 2. The highest BCUT2D eigenvalue weighted by molar-refractivity contribution is 5.92. The molecule has 156 valence electrons. The maximum atomic E-state index is 12.6. The Morgan fingerprint density at radius 3 is 2.57 bits per heavy atom. The van der Waals surface area contributed by atoms with E-state index >= 15 is 0 Å². The van der Waals surface area contributed by atoms with Crippen LogP contribution in [-0.4, -0.2) is 27.4 Å². The summed E-state index contributed by atoms with van der Waals surface area (Å²) in [7, 11) is 0. The Labute approximate surface area is 173 Å². The van der Waals surface area contributed by atoms with Gasteiger partial charge >= 0.3 is 12.0 Å². The minimum Gasteiger partial charge on any atom is -0.458 e. The fourth-order valence-corrected chi connectivity index (χ4v) is 2.89. The Balaban J connectivity index is 1.65. The van der Waals surface area contributed by atoms with Crippen LogP contribution in [0.15, 0.2) is 59.5 Å². The van der Waals surface area contributed by atoms with Gasteiger partial charge in [-0.1, -0.05) is 38.1 Å². The number of para-hydroxylation sites is 1. The zero-order valence-electron chi connectivity index (χ0n) is 17.1. The number of rotatable bonds is 6. The van der Waals surface area contributed by atoms with E-state index in [1.165, 1.54) is 10.5 Å². The number of aromatic nitrogens is 2. The second-order valence-electron chi connectivity index (χ2n) is 7.31. The van der Waals surface area contributed by atoms with Gasteiger partial charge in [-0.3, -0.25) is 9.20 Å². The molecule has 1 atom stereocenters. The third kappa shape index (κ3) is 5.22. The lowest BCUT2D eigenvalue weighted by molar-refractivity contribution is -0.148. The Kier molecular flexibility index (Phi) is 6.46. The molecule has 0 aliphatic carbocycles. The van der Waals surface area contributed by atoms with Crippen molar-refractivity contribution in [3.63, 3.8) is 0 Å². The van der Waals surface area contributed by atoms with Crippen LogP contribution in [0.4, 0.5) is 10.5 Å². The number of nitrogens with one attached hydrogen (secondary N) is 2. The van der Waals surface area contributed by atoms with Crippen LogP contribution in [0.1, 0.15) is 25.1 Å². The van der Waals surface area contributed by atoms with Crippen LogP contribution in [-0.2, 0) is 16.1 Å². The van der Waals surface area contributed by atoms with E-state index in [1.54, 1.807) is 50.4 Å². The molecule has 0 bridgehead atoms. The van der Waals surface area contributed by atoms with E-state index < -0.39 is 18.0 Å². The Hall–Kier alpha value is -3.68. The summed E-state index contributed by atoms with van der Waals surface area (Å²) in [4.78, 5) is 41.4. The molecule has 0 fully saturated rings. The molecule has 0 aliphatic heterocycles.